The second-order valence-electron chi connectivity index (χ2n) is 6.33. The number of rotatable bonds is 5. The van der Waals surface area contributed by atoms with E-state index in [1.54, 1.807) is 12.1 Å². The van der Waals surface area contributed by atoms with Crippen molar-refractivity contribution < 1.29 is 9.32 Å². The first-order chi connectivity index (χ1) is 12.2. The lowest BCUT2D eigenvalue weighted by Crippen LogP contribution is -2.45. The molecule has 1 aliphatic rings. The largest absolute Gasteiger partial charge is 0.339 e. The summed E-state index contributed by atoms with van der Waals surface area (Å²) < 4.78 is 5.46. The summed E-state index contributed by atoms with van der Waals surface area (Å²) in [6, 6.07) is 7.33. The SMILES string of the molecule is CCCCNC(=O)N1CCCC(c2nc(-c3ccc(Cl)cc3)no2)C1. The van der Waals surface area contributed by atoms with Crippen LogP contribution < -0.4 is 5.32 Å². The molecule has 0 bridgehead atoms. The summed E-state index contributed by atoms with van der Waals surface area (Å²) in [5, 5.41) is 7.71. The highest BCUT2D eigenvalue weighted by Crippen LogP contribution is 2.28. The van der Waals surface area contributed by atoms with Gasteiger partial charge >= 0.3 is 6.03 Å². The number of carbonyl (C=O) groups excluding carboxylic acids is 1. The molecular weight excluding hydrogens is 340 g/mol. The zero-order valence-electron chi connectivity index (χ0n) is 14.4. The van der Waals surface area contributed by atoms with Crippen LogP contribution in [0.25, 0.3) is 11.4 Å². The maximum atomic E-state index is 12.2. The summed E-state index contributed by atoms with van der Waals surface area (Å²) in [7, 11) is 0. The second kappa shape index (κ2) is 8.34. The normalized spacial score (nSPS) is 17.5. The Kier molecular flexibility index (Phi) is 5.91. The Bertz CT molecular complexity index is 701. The monoisotopic (exact) mass is 362 g/mol. The summed E-state index contributed by atoms with van der Waals surface area (Å²) in [5.74, 6) is 1.23. The summed E-state index contributed by atoms with van der Waals surface area (Å²) in [6.45, 7) is 4.21. The molecule has 1 unspecified atom stereocenters. The highest BCUT2D eigenvalue weighted by atomic mass is 35.5. The molecule has 25 heavy (non-hydrogen) atoms. The molecule has 3 rings (SSSR count). The van der Waals surface area contributed by atoms with Crippen LogP contribution in [0.2, 0.25) is 5.02 Å². The van der Waals surface area contributed by atoms with Gasteiger partial charge in [0.15, 0.2) is 0 Å². The highest BCUT2D eigenvalue weighted by molar-refractivity contribution is 6.30. The Balaban J connectivity index is 1.63. The van der Waals surface area contributed by atoms with Crippen molar-refractivity contribution in [3.8, 4) is 11.4 Å². The third-order valence-electron chi connectivity index (χ3n) is 4.41. The Morgan fingerprint density at radius 1 is 1.40 bits per heavy atom. The van der Waals surface area contributed by atoms with E-state index in [9.17, 15) is 4.79 Å². The molecule has 6 nitrogen and oxygen atoms in total. The van der Waals surface area contributed by atoms with Gasteiger partial charge in [-0.1, -0.05) is 30.1 Å². The molecule has 2 aromatic rings. The molecule has 1 fully saturated rings. The number of urea groups is 1. The first-order valence-corrected chi connectivity index (χ1v) is 9.17. The molecule has 2 heterocycles. The number of aromatic nitrogens is 2. The molecule has 0 spiro atoms. The number of nitrogens with zero attached hydrogens (tertiary/aromatic N) is 3. The van der Waals surface area contributed by atoms with E-state index in [1.807, 2.05) is 17.0 Å². The minimum absolute atomic E-state index is 0.00408. The van der Waals surface area contributed by atoms with Gasteiger partial charge in [0.05, 0.1) is 5.92 Å². The number of benzene rings is 1. The van der Waals surface area contributed by atoms with Crippen LogP contribution >= 0.6 is 11.6 Å². The summed E-state index contributed by atoms with van der Waals surface area (Å²) in [6.07, 6.45) is 3.95. The van der Waals surface area contributed by atoms with Crippen molar-refractivity contribution in [3.63, 3.8) is 0 Å². The zero-order valence-corrected chi connectivity index (χ0v) is 15.1. The Hall–Kier alpha value is -2.08. The van der Waals surface area contributed by atoms with Gasteiger partial charge in [-0.15, -0.1) is 0 Å². The van der Waals surface area contributed by atoms with Crippen molar-refractivity contribution >= 4 is 17.6 Å². The maximum absolute atomic E-state index is 12.2. The average molecular weight is 363 g/mol. The minimum Gasteiger partial charge on any atom is -0.339 e. The molecule has 2 amide bonds. The standard InChI is InChI=1S/C18H23ClN4O2/c1-2-3-10-20-18(24)23-11-4-5-14(12-23)17-21-16(22-25-17)13-6-8-15(19)9-7-13/h6-9,14H,2-5,10-12H2,1H3,(H,20,24). The first kappa shape index (κ1) is 17.7. The lowest BCUT2D eigenvalue weighted by Gasteiger charge is -2.31. The van der Waals surface area contributed by atoms with E-state index in [4.69, 9.17) is 16.1 Å². The minimum atomic E-state index is -0.00408. The van der Waals surface area contributed by atoms with Gasteiger partial charge in [0.2, 0.25) is 11.7 Å². The number of piperidine rings is 1. The van der Waals surface area contributed by atoms with Crippen LogP contribution in [0.1, 0.15) is 44.4 Å². The lowest BCUT2D eigenvalue weighted by molar-refractivity contribution is 0.172. The third-order valence-corrected chi connectivity index (χ3v) is 4.66. The Morgan fingerprint density at radius 2 is 2.20 bits per heavy atom. The van der Waals surface area contributed by atoms with E-state index in [0.717, 1.165) is 44.3 Å². The fraction of sp³-hybridized carbons (Fsp3) is 0.500. The smallest absolute Gasteiger partial charge is 0.317 e. The number of nitrogens with one attached hydrogen (secondary N) is 1. The van der Waals surface area contributed by atoms with Crippen LogP contribution in [-0.4, -0.2) is 40.7 Å². The summed E-state index contributed by atoms with van der Waals surface area (Å²) in [4.78, 5) is 18.6. The number of likely N-dealkylation sites (tertiary alicyclic amines) is 1. The molecule has 7 heteroatoms. The van der Waals surface area contributed by atoms with Crippen molar-refractivity contribution in [2.45, 2.75) is 38.5 Å². The van der Waals surface area contributed by atoms with Crippen LogP contribution in [0.5, 0.6) is 0 Å². The van der Waals surface area contributed by atoms with Crippen LogP contribution in [0.4, 0.5) is 4.79 Å². The molecule has 134 valence electrons. The van der Waals surface area contributed by atoms with Gasteiger partial charge in [-0.3, -0.25) is 0 Å². The van der Waals surface area contributed by atoms with Crippen molar-refractivity contribution in [1.29, 1.82) is 0 Å². The molecule has 0 aliphatic carbocycles. The molecule has 1 aromatic heterocycles. The molecule has 1 aliphatic heterocycles. The quantitative estimate of drug-likeness (QED) is 0.813. The number of halogens is 1. The van der Waals surface area contributed by atoms with Gasteiger partial charge in [0.25, 0.3) is 0 Å². The Labute approximate surface area is 152 Å². The third kappa shape index (κ3) is 4.51. The summed E-state index contributed by atoms with van der Waals surface area (Å²) in [5.41, 5.74) is 0.865. The van der Waals surface area contributed by atoms with Crippen molar-refractivity contribution in [1.82, 2.24) is 20.4 Å². The van der Waals surface area contributed by atoms with E-state index in [0.29, 0.717) is 23.3 Å². The van der Waals surface area contributed by atoms with Crippen LogP contribution in [-0.2, 0) is 0 Å². The van der Waals surface area contributed by atoms with Gasteiger partial charge in [0.1, 0.15) is 0 Å². The number of unbranched alkanes of at least 4 members (excludes halogenated alkanes) is 1. The molecule has 1 atom stereocenters. The highest BCUT2D eigenvalue weighted by Gasteiger charge is 2.28. The average Bonchev–Trinajstić information content (AvgIpc) is 3.13. The van der Waals surface area contributed by atoms with Crippen LogP contribution in [0.3, 0.4) is 0 Å². The van der Waals surface area contributed by atoms with Gasteiger partial charge in [-0.2, -0.15) is 4.98 Å². The first-order valence-electron chi connectivity index (χ1n) is 8.79. The fourth-order valence-corrected chi connectivity index (χ4v) is 3.09. The number of hydrogen-bond acceptors (Lipinski definition) is 4. The van der Waals surface area contributed by atoms with Crippen molar-refractivity contribution in [2.75, 3.05) is 19.6 Å². The second-order valence-corrected chi connectivity index (χ2v) is 6.77. The topological polar surface area (TPSA) is 71.3 Å². The van der Waals surface area contributed by atoms with Gasteiger partial charge in [0, 0.05) is 30.2 Å². The predicted octanol–water partition coefficient (Wildman–Crippen LogP) is 4.08. The molecule has 1 aromatic carbocycles. The molecular formula is C18H23ClN4O2. The van der Waals surface area contributed by atoms with E-state index in [1.165, 1.54) is 0 Å². The molecule has 0 saturated carbocycles. The Morgan fingerprint density at radius 3 is 2.96 bits per heavy atom. The van der Waals surface area contributed by atoms with E-state index >= 15 is 0 Å². The van der Waals surface area contributed by atoms with Gasteiger partial charge in [-0.05, 0) is 43.5 Å². The number of amides is 2. The lowest BCUT2D eigenvalue weighted by atomic mass is 9.98. The molecule has 1 N–H and O–H groups in total. The fourth-order valence-electron chi connectivity index (χ4n) is 2.96. The summed E-state index contributed by atoms with van der Waals surface area (Å²) >= 11 is 5.91. The van der Waals surface area contributed by atoms with Crippen LogP contribution in [0.15, 0.2) is 28.8 Å². The van der Waals surface area contributed by atoms with Gasteiger partial charge < -0.3 is 14.7 Å². The van der Waals surface area contributed by atoms with Crippen molar-refractivity contribution in [3.05, 3.63) is 35.2 Å². The van der Waals surface area contributed by atoms with Crippen LogP contribution in [0, 0.1) is 0 Å². The van der Waals surface area contributed by atoms with Crippen molar-refractivity contribution in [2.24, 2.45) is 0 Å². The zero-order chi connectivity index (χ0) is 17.6. The van der Waals surface area contributed by atoms with E-state index in [2.05, 4.69) is 22.4 Å². The molecule has 0 radical (unpaired) electrons. The number of carbonyl (C=O) groups is 1. The molecule has 1 saturated heterocycles. The van der Waals surface area contributed by atoms with E-state index < -0.39 is 0 Å². The van der Waals surface area contributed by atoms with Gasteiger partial charge in [-0.25, -0.2) is 4.79 Å². The van der Waals surface area contributed by atoms with E-state index in [-0.39, 0.29) is 11.9 Å². The predicted molar refractivity (Wildman–Crippen MR) is 96.6 cm³/mol. The number of hydrogen-bond donors (Lipinski definition) is 1. The maximum Gasteiger partial charge on any atom is 0.317 e.